The van der Waals surface area contributed by atoms with Gasteiger partial charge in [-0.05, 0) is 44.2 Å². The second-order valence-corrected chi connectivity index (χ2v) is 6.97. The molecule has 6 nitrogen and oxygen atoms in total. The molecule has 0 spiro atoms. The Morgan fingerprint density at radius 1 is 1.29 bits per heavy atom. The third-order valence-electron chi connectivity index (χ3n) is 3.63. The highest BCUT2D eigenvalue weighted by molar-refractivity contribution is 7.12. The average molecular weight is 345 g/mol. The van der Waals surface area contributed by atoms with Gasteiger partial charge in [-0.3, -0.25) is 9.59 Å². The van der Waals surface area contributed by atoms with E-state index in [9.17, 15) is 9.59 Å². The van der Waals surface area contributed by atoms with E-state index >= 15 is 0 Å². The number of nitrogens with one attached hydrogen (secondary N) is 2. The number of pyridine rings is 1. The van der Waals surface area contributed by atoms with Crippen LogP contribution in [-0.2, 0) is 4.79 Å². The van der Waals surface area contributed by atoms with Crippen LogP contribution in [0.3, 0.4) is 0 Å². The molecule has 0 atom stereocenters. The van der Waals surface area contributed by atoms with E-state index in [-0.39, 0.29) is 17.9 Å². The molecule has 0 saturated heterocycles. The van der Waals surface area contributed by atoms with Crippen LogP contribution in [0.4, 0.5) is 5.69 Å². The second kappa shape index (κ2) is 6.60. The molecule has 0 aliphatic heterocycles. The van der Waals surface area contributed by atoms with E-state index in [1.165, 1.54) is 11.3 Å². The van der Waals surface area contributed by atoms with Crippen LogP contribution in [0.1, 0.15) is 36.4 Å². The zero-order valence-corrected chi connectivity index (χ0v) is 14.4. The molecule has 0 aromatic carbocycles. The molecule has 1 aliphatic carbocycles. The lowest BCUT2D eigenvalue weighted by Gasteiger charge is -2.17. The van der Waals surface area contributed by atoms with Crippen LogP contribution in [0.15, 0.2) is 35.8 Å². The number of ether oxygens (including phenoxy) is 1. The van der Waals surface area contributed by atoms with Gasteiger partial charge in [-0.1, -0.05) is 6.07 Å². The van der Waals surface area contributed by atoms with Crippen LogP contribution in [0.5, 0.6) is 5.88 Å². The van der Waals surface area contributed by atoms with Crippen molar-refractivity contribution < 1.29 is 14.3 Å². The zero-order valence-electron chi connectivity index (χ0n) is 13.5. The second-order valence-electron chi connectivity index (χ2n) is 6.02. The topological polar surface area (TPSA) is 80.3 Å². The first kappa shape index (κ1) is 16.4. The third-order valence-corrected chi connectivity index (χ3v) is 4.50. The molecule has 0 unspecified atom stereocenters. The van der Waals surface area contributed by atoms with Gasteiger partial charge in [0.1, 0.15) is 5.54 Å². The molecular formula is C17H19N3O3S. The fourth-order valence-corrected chi connectivity index (χ4v) is 2.86. The van der Waals surface area contributed by atoms with Crippen LogP contribution in [-0.4, -0.2) is 28.4 Å². The molecule has 7 heteroatoms. The van der Waals surface area contributed by atoms with E-state index in [0.29, 0.717) is 29.3 Å². The number of hydrogen-bond acceptors (Lipinski definition) is 5. The fourth-order valence-electron chi connectivity index (χ4n) is 2.24. The SMILES string of the molecule is CC(C)Oc1ccc(NC(=O)C2(NC(=O)c3cccs3)CC2)cn1. The standard InChI is InChI=1S/C17H19N3O3S/c1-11(2)23-14-6-5-12(10-18-14)19-16(22)17(7-8-17)20-15(21)13-4-3-9-24-13/h3-6,9-11H,7-8H2,1-2H3,(H,19,22)(H,20,21). The van der Waals surface area contributed by atoms with E-state index in [1.54, 1.807) is 24.4 Å². The number of amides is 2. The maximum atomic E-state index is 12.5. The van der Waals surface area contributed by atoms with Crippen molar-refractivity contribution in [3.8, 4) is 5.88 Å². The Morgan fingerprint density at radius 3 is 2.62 bits per heavy atom. The number of rotatable bonds is 6. The molecule has 2 aromatic heterocycles. The Kier molecular flexibility index (Phi) is 4.53. The van der Waals surface area contributed by atoms with Gasteiger partial charge in [0.05, 0.1) is 22.9 Å². The lowest BCUT2D eigenvalue weighted by atomic mass is 10.2. The van der Waals surface area contributed by atoms with Crippen LogP contribution in [0.25, 0.3) is 0 Å². The van der Waals surface area contributed by atoms with Gasteiger partial charge in [-0.15, -0.1) is 11.3 Å². The number of hydrogen-bond donors (Lipinski definition) is 2. The first-order valence-electron chi connectivity index (χ1n) is 7.79. The predicted octanol–water partition coefficient (Wildman–Crippen LogP) is 2.83. The Balaban J connectivity index is 1.61. The maximum Gasteiger partial charge on any atom is 0.262 e. The molecule has 2 aromatic rings. The number of carbonyl (C=O) groups is 2. The van der Waals surface area contributed by atoms with E-state index in [0.717, 1.165) is 0 Å². The molecule has 1 saturated carbocycles. The molecule has 2 amide bonds. The minimum absolute atomic E-state index is 0.0418. The highest BCUT2D eigenvalue weighted by Crippen LogP contribution is 2.37. The lowest BCUT2D eigenvalue weighted by molar-refractivity contribution is -0.118. The number of nitrogens with zero attached hydrogens (tertiary/aromatic N) is 1. The first-order valence-corrected chi connectivity index (χ1v) is 8.67. The fraction of sp³-hybridized carbons (Fsp3) is 0.353. The van der Waals surface area contributed by atoms with E-state index in [4.69, 9.17) is 4.74 Å². The van der Waals surface area contributed by atoms with Gasteiger partial charge in [-0.2, -0.15) is 0 Å². The summed E-state index contributed by atoms with van der Waals surface area (Å²) in [4.78, 5) is 29.4. The smallest absolute Gasteiger partial charge is 0.262 e. The monoisotopic (exact) mass is 345 g/mol. The van der Waals surface area contributed by atoms with E-state index in [2.05, 4.69) is 15.6 Å². The first-order chi connectivity index (χ1) is 11.5. The number of anilines is 1. The molecule has 126 valence electrons. The normalized spacial score (nSPS) is 15.0. The lowest BCUT2D eigenvalue weighted by Crippen LogP contribution is -2.45. The van der Waals surface area contributed by atoms with Gasteiger partial charge in [0.25, 0.3) is 5.91 Å². The Bertz CT molecular complexity index is 722. The van der Waals surface area contributed by atoms with Crippen molar-refractivity contribution >= 4 is 28.8 Å². The maximum absolute atomic E-state index is 12.5. The zero-order chi connectivity index (χ0) is 17.2. The van der Waals surface area contributed by atoms with Crippen molar-refractivity contribution in [1.82, 2.24) is 10.3 Å². The van der Waals surface area contributed by atoms with Crippen molar-refractivity contribution in [2.45, 2.75) is 38.3 Å². The summed E-state index contributed by atoms with van der Waals surface area (Å²) in [5.74, 6) is 0.0818. The van der Waals surface area contributed by atoms with Gasteiger partial charge < -0.3 is 15.4 Å². The van der Waals surface area contributed by atoms with Gasteiger partial charge in [0.2, 0.25) is 11.8 Å². The number of carbonyl (C=O) groups excluding carboxylic acids is 2. The quantitative estimate of drug-likeness (QED) is 0.844. The summed E-state index contributed by atoms with van der Waals surface area (Å²) in [7, 11) is 0. The summed E-state index contributed by atoms with van der Waals surface area (Å²) in [6.45, 7) is 3.84. The molecule has 3 rings (SSSR count). The van der Waals surface area contributed by atoms with Gasteiger partial charge in [0.15, 0.2) is 0 Å². The molecule has 2 N–H and O–H groups in total. The Hall–Kier alpha value is -2.41. The molecule has 2 heterocycles. The minimum atomic E-state index is -0.811. The number of aromatic nitrogens is 1. The van der Waals surface area contributed by atoms with E-state index < -0.39 is 5.54 Å². The highest BCUT2D eigenvalue weighted by Gasteiger charge is 2.51. The summed E-state index contributed by atoms with van der Waals surface area (Å²) in [5, 5.41) is 7.48. The summed E-state index contributed by atoms with van der Waals surface area (Å²) in [6.07, 6.45) is 2.86. The highest BCUT2D eigenvalue weighted by atomic mass is 32.1. The number of thiophene rings is 1. The van der Waals surface area contributed by atoms with Crippen molar-refractivity contribution in [2.24, 2.45) is 0 Å². The summed E-state index contributed by atoms with van der Waals surface area (Å²) in [5.41, 5.74) is -0.235. The molecular weight excluding hydrogens is 326 g/mol. The molecule has 1 aliphatic rings. The summed E-state index contributed by atoms with van der Waals surface area (Å²) < 4.78 is 5.47. The third kappa shape index (κ3) is 3.73. The average Bonchev–Trinajstić information content (AvgIpc) is 3.11. The van der Waals surface area contributed by atoms with Crippen molar-refractivity contribution in [3.05, 3.63) is 40.7 Å². The van der Waals surface area contributed by atoms with Gasteiger partial charge in [0, 0.05) is 6.07 Å². The summed E-state index contributed by atoms with van der Waals surface area (Å²) in [6, 6.07) is 7.00. The minimum Gasteiger partial charge on any atom is -0.475 e. The van der Waals surface area contributed by atoms with Crippen molar-refractivity contribution in [1.29, 1.82) is 0 Å². The van der Waals surface area contributed by atoms with Crippen LogP contribution < -0.4 is 15.4 Å². The Morgan fingerprint density at radius 2 is 2.08 bits per heavy atom. The van der Waals surface area contributed by atoms with E-state index in [1.807, 2.05) is 25.3 Å². The molecule has 0 bridgehead atoms. The van der Waals surface area contributed by atoms with Gasteiger partial charge >= 0.3 is 0 Å². The summed E-state index contributed by atoms with van der Waals surface area (Å²) >= 11 is 1.35. The van der Waals surface area contributed by atoms with Crippen LogP contribution in [0, 0.1) is 0 Å². The van der Waals surface area contributed by atoms with Gasteiger partial charge in [-0.25, -0.2) is 4.98 Å². The molecule has 0 radical (unpaired) electrons. The predicted molar refractivity (Wildman–Crippen MR) is 92.4 cm³/mol. The van der Waals surface area contributed by atoms with Crippen LogP contribution in [0.2, 0.25) is 0 Å². The van der Waals surface area contributed by atoms with Crippen molar-refractivity contribution in [3.63, 3.8) is 0 Å². The molecule has 24 heavy (non-hydrogen) atoms. The Labute approximate surface area is 144 Å². The largest absolute Gasteiger partial charge is 0.475 e. The van der Waals surface area contributed by atoms with Crippen LogP contribution >= 0.6 is 11.3 Å². The van der Waals surface area contributed by atoms with Crippen molar-refractivity contribution in [2.75, 3.05) is 5.32 Å². The molecule has 1 fully saturated rings.